The monoisotopic (exact) mass is 432 g/mol. The van der Waals surface area contributed by atoms with E-state index in [0.29, 0.717) is 38.9 Å². The third kappa shape index (κ3) is 6.90. The largest absolute Gasteiger partial charge is 0.488 e. The van der Waals surface area contributed by atoms with Crippen LogP contribution < -0.4 is 4.74 Å². The Kier molecular flexibility index (Phi) is 8.66. The zero-order valence-corrected chi connectivity index (χ0v) is 17.6. The molecule has 1 saturated heterocycles. The highest BCUT2D eigenvalue weighted by atomic mass is 16.8. The van der Waals surface area contributed by atoms with E-state index in [0.717, 1.165) is 5.75 Å². The van der Waals surface area contributed by atoms with Crippen molar-refractivity contribution in [2.24, 2.45) is 11.8 Å². The fourth-order valence-electron chi connectivity index (χ4n) is 4.11. The van der Waals surface area contributed by atoms with Crippen LogP contribution in [-0.4, -0.2) is 59.1 Å². The summed E-state index contributed by atoms with van der Waals surface area (Å²) in [6.07, 6.45) is 8.68. The quantitative estimate of drug-likeness (QED) is 0.365. The van der Waals surface area contributed by atoms with Gasteiger partial charge in [0.15, 0.2) is 0 Å². The van der Waals surface area contributed by atoms with Crippen molar-refractivity contribution < 1.29 is 34.3 Å². The molecule has 0 aromatic heterocycles. The number of unbranched alkanes of at least 4 members (excludes halogenated alkanes) is 1. The zero-order valence-electron chi connectivity index (χ0n) is 17.6. The summed E-state index contributed by atoms with van der Waals surface area (Å²) >= 11 is 0. The number of carboxylic acid groups (broad SMARTS) is 1. The van der Waals surface area contributed by atoms with Crippen LogP contribution in [0.15, 0.2) is 54.6 Å². The number of ether oxygens (including phenoxy) is 3. The first-order chi connectivity index (χ1) is 15.0. The van der Waals surface area contributed by atoms with Gasteiger partial charge in [-0.25, -0.2) is 0 Å². The first kappa shape index (κ1) is 23.5. The number of para-hydroxylation sites is 1. The van der Waals surface area contributed by atoms with Gasteiger partial charge in [-0.05, 0) is 43.4 Å². The number of carboxylic acids is 1. The molecule has 1 saturated carbocycles. The molecule has 0 spiro atoms. The molecule has 31 heavy (non-hydrogen) atoms. The number of rotatable bonds is 11. The third-order valence-electron chi connectivity index (χ3n) is 5.78. The lowest BCUT2D eigenvalue weighted by Crippen LogP contribution is -2.35. The Morgan fingerprint density at radius 2 is 1.87 bits per heavy atom. The van der Waals surface area contributed by atoms with Crippen LogP contribution in [0.3, 0.4) is 0 Å². The van der Waals surface area contributed by atoms with Crippen LogP contribution in [0.2, 0.25) is 0 Å². The fraction of sp³-hybridized carbons (Fsp3) is 0.542. The van der Waals surface area contributed by atoms with Gasteiger partial charge in [0.05, 0.1) is 25.4 Å². The maximum absolute atomic E-state index is 10.6. The molecule has 3 N–H and O–H groups in total. The van der Waals surface area contributed by atoms with Gasteiger partial charge in [0.25, 0.3) is 0 Å². The van der Waals surface area contributed by atoms with E-state index < -0.39 is 24.0 Å². The maximum Gasteiger partial charge on any atom is 0.303 e. The van der Waals surface area contributed by atoms with Crippen LogP contribution in [0.1, 0.15) is 32.1 Å². The minimum absolute atomic E-state index is 0.129. The van der Waals surface area contributed by atoms with Crippen molar-refractivity contribution >= 4 is 5.97 Å². The predicted molar refractivity (Wildman–Crippen MR) is 115 cm³/mol. The first-order valence-corrected chi connectivity index (χ1v) is 10.9. The van der Waals surface area contributed by atoms with Gasteiger partial charge in [-0.3, -0.25) is 4.79 Å². The molecule has 1 aromatic carbocycles. The van der Waals surface area contributed by atoms with Crippen LogP contribution >= 0.6 is 0 Å². The van der Waals surface area contributed by atoms with Crippen LogP contribution in [0.4, 0.5) is 0 Å². The molecule has 1 aromatic rings. The molecule has 1 heterocycles. The van der Waals surface area contributed by atoms with Gasteiger partial charge >= 0.3 is 5.97 Å². The Morgan fingerprint density at radius 1 is 1.13 bits per heavy atom. The molecule has 0 amide bonds. The van der Waals surface area contributed by atoms with E-state index in [2.05, 4.69) is 0 Å². The Bertz CT molecular complexity index is 740. The molecule has 3 rings (SSSR count). The van der Waals surface area contributed by atoms with Gasteiger partial charge < -0.3 is 29.5 Å². The molecule has 2 fully saturated rings. The van der Waals surface area contributed by atoms with Gasteiger partial charge in [-0.2, -0.15) is 0 Å². The Morgan fingerprint density at radius 3 is 2.58 bits per heavy atom. The van der Waals surface area contributed by atoms with Crippen molar-refractivity contribution in [1.82, 2.24) is 0 Å². The van der Waals surface area contributed by atoms with E-state index in [1.807, 2.05) is 48.6 Å². The highest BCUT2D eigenvalue weighted by Gasteiger charge is 2.41. The highest BCUT2D eigenvalue weighted by molar-refractivity contribution is 5.66. The summed E-state index contributed by atoms with van der Waals surface area (Å²) in [5.41, 5.74) is 0. The van der Waals surface area contributed by atoms with Crippen molar-refractivity contribution in [2.75, 3.05) is 19.8 Å². The van der Waals surface area contributed by atoms with Crippen LogP contribution in [-0.2, 0) is 14.3 Å². The van der Waals surface area contributed by atoms with Gasteiger partial charge in [-0.15, -0.1) is 0 Å². The van der Waals surface area contributed by atoms with E-state index in [1.165, 1.54) is 0 Å². The number of hydrogen-bond donors (Lipinski definition) is 3. The molecule has 2 aliphatic rings. The molecule has 1 aliphatic heterocycles. The SMILES string of the molecule is O=C(O)CCC/C=C\C[C@H]1C(O)C[C@@H](O)[C@@H]1/C=C/C1(COc2ccccc2)OCCO1. The molecule has 0 bridgehead atoms. The number of allylic oxidation sites excluding steroid dienone is 2. The van der Waals surface area contributed by atoms with Crippen molar-refractivity contribution in [3.05, 3.63) is 54.6 Å². The third-order valence-corrected chi connectivity index (χ3v) is 5.78. The maximum atomic E-state index is 10.6. The van der Waals surface area contributed by atoms with Crippen molar-refractivity contribution in [2.45, 2.75) is 50.1 Å². The molecule has 1 aliphatic carbocycles. The Labute approximate surface area is 182 Å². The summed E-state index contributed by atoms with van der Waals surface area (Å²) in [6.45, 7) is 1.11. The Balaban J connectivity index is 1.59. The van der Waals surface area contributed by atoms with E-state index in [-0.39, 0.29) is 24.9 Å². The summed E-state index contributed by atoms with van der Waals surface area (Å²) in [7, 11) is 0. The number of carbonyl (C=O) groups is 1. The lowest BCUT2D eigenvalue weighted by molar-refractivity contribution is -0.139. The molecule has 1 unspecified atom stereocenters. The smallest absolute Gasteiger partial charge is 0.303 e. The van der Waals surface area contributed by atoms with Crippen molar-refractivity contribution in [3.8, 4) is 5.75 Å². The molecule has 0 radical (unpaired) electrons. The van der Waals surface area contributed by atoms with Crippen molar-refractivity contribution in [1.29, 1.82) is 0 Å². The number of aliphatic hydroxyl groups is 2. The van der Waals surface area contributed by atoms with E-state index in [1.54, 1.807) is 6.08 Å². The average Bonchev–Trinajstić information content (AvgIpc) is 3.32. The van der Waals surface area contributed by atoms with Gasteiger partial charge in [0.2, 0.25) is 5.79 Å². The van der Waals surface area contributed by atoms with Gasteiger partial charge in [0.1, 0.15) is 12.4 Å². The first-order valence-electron chi connectivity index (χ1n) is 10.9. The molecule has 7 nitrogen and oxygen atoms in total. The van der Waals surface area contributed by atoms with E-state index >= 15 is 0 Å². The summed E-state index contributed by atoms with van der Waals surface area (Å²) in [5.74, 6) is -1.46. The summed E-state index contributed by atoms with van der Waals surface area (Å²) in [6, 6.07) is 9.43. The van der Waals surface area contributed by atoms with Crippen LogP contribution in [0, 0.1) is 11.8 Å². The second-order valence-corrected chi connectivity index (χ2v) is 8.07. The normalized spacial score (nSPS) is 27.9. The predicted octanol–water partition coefficient (Wildman–Crippen LogP) is 2.92. The second kappa shape index (κ2) is 11.4. The minimum Gasteiger partial charge on any atom is -0.488 e. The lowest BCUT2D eigenvalue weighted by atomic mass is 9.89. The number of hydrogen-bond acceptors (Lipinski definition) is 6. The lowest BCUT2D eigenvalue weighted by Gasteiger charge is -2.26. The highest BCUT2D eigenvalue weighted by Crippen LogP contribution is 2.37. The summed E-state index contributed by atoms with van der Waals surface area (Å²) in [4.78, 5) is 10.6. The molecular weight excluding hydrogens is 400 g/mol. The molecule has 170 valence electrons. The van der Waals surface area contributed by atoms with Crippen LogP contribution in [0.5, 0.6) is 5.75 Å². The summed E-state index contributed by atoms with van der Waals surface area (Å²) in [5, 5.41) is 29.6. The second-order valence-electron chi connectivity index (χ2n) is 8.07. The van der Waals surface area contributed by atoms with Gasteiger partial charge in [-0.1, -0.05) is 36.4 Å². The standard InChI is InChI=1S/C24H32O7/c25-21-16-22(26)20(19(21)10-6-1-2-7-11-23(27)28)12-13-24(30-14-15-31-24)17-29-18-8-4-3-5-9-18/h1,3-6,8-9,12-13,19-22,25-26H,2,7,10-11,14-17H2,(H,27,28)/b6-1-,13-12+/t19-,20-,21?,22-/m1/s1. The Hall–Kier alpha value is -2.19. The molecule has 4 atom stereocenters. The molecular formula is C24H32O7. The molecule has 7 heteroatoms. The number of benzene rings is 1. The van der Waals surface area contributed by atoms with Gasteiger partial charge in [0, 0.05) is 18.8 Å². The number of aliphatic hydroxyl groups excluding tert-OH is 2. The topological polar surface area (TPSA) is 105 Å². The summed E-state index contributed by atoms with van der Waals surface area (Å²) < 4.78 is 17.5. The fourth-order valence-corrected chi connectivity index (χ4v) is 4.11. The zero-order chi connectivity index (χ0) is 22.1. The minimum atomic E-state index is -1.01. The average molecular weight is 433 g/mol. The van der Waals surface area contributed by atoms with Crippen molar-refractivity contribution in [3.63, 3.8) is 0 Å². The van der Waals surface area contributed by atoms with Crippen LogP contribution in [0.25, 0.3) is 0 Å². The number of aliphatic carboxylic acids is 1. The van der Waals surface area contributed by atoms with E-state index in [9.17, 15) is 15.0 Å². The van der Waals surface area contributed by atoms with E-state index in [4.69, 9.17) is 19.3 Å².